The zero-order valence-electron chi connectivity index (χ0n) is 16.0. The molecule has 0 saturated carbocycles. The number of ether oxygens (including phenoxy) is 2. The molecule has 0 N–H and O–H groups in total. The van der Waals surface area contributed by atoms with Crippen molar-refractivity contribution >= 4 is 17.8 Å². The summed E-state index contributed by atoms with van der Waals surface area (Å²) in [5.74, 6) is -0.933. The number of halogens is 1. The minimum Gasteiger partial charge on any atom is -0.497 e. The van der Waals surface area contributed by atoms with E-state index in [0.29, 0.717) is 11.3 Å². The molecule has 0 aromatic heterocycles. The van der Waals surface area contributed by atoms with Gasteiger partial charge in [0.15, 0.2) is 5.78 Å². The van der Waals surface area contributed by atoms with Crippen molar-refractivity contribution in [3.05, 3.63) is 101 Å². The van der Waals surface area contributed by atoms with E-state index in [-0.39, 0.29) is 16.9 Å². The molecule has 3 rings (SSSR count). The summed E-state index contributed by atoms with van der Waals surface area (Å²) in [6.45, 7) is 1.80. The number of methoxy groups -OCH3 is 1. The van der Waals surface area contributed by atoms with E-state index in [1.54, 1.807) is 49.4 Å². The van der Waals surface area contributed by atoms with Gasteiger partial charge in [-0.25, -0.2) is 9.18 Å². The van der Waals surface area contributed by atoms with Crippen LogP contribution in [0, 0.1) is 12.7 Å². The largest absolute Gasteiger partial charge is 0.497 e. The molecule has 5 heteroatoms. The first kappa shape index (κ1) is 20.0. The van der Waals surface area contributed by atoms with E-state index >= 15 is 0 Å². The van der Waals surface area contributed by atoms with Gasteiger partial charge in [0.25, 0.3) is 0 Å². The highest BCUT2D eigenvalue weighted by Gasteiger charge is 2.17. The summed E-state index contributed by atoms with van der Waals surface area (Å²) in [6.07, 6.45) is 2.63. The third-order valence-corrected chi connectivity index (χ3v) is 4.34. The van der Waals surface area contributed by atoms with Gasteiger partial charge in [-0.05, 0) is 48.9 Å². The summed E-state index contributed by atoms with van der Waals surface area (Å²) in [5, 5.41) is 0. The van der Waals surface area contributed by atoms with Gasteiger partial charge in [-0.15, -0.1) is 0 Å². The standard InChI is InChI=1S/C24H19FO4/c1-16-7-3-5-9-19(16)24(27)29-23-15-18(28-2)12-13-20(23)22(26)14-11-17-8-4-6-10-21(17)25/h3-15H,1-2H3/b14-11+. The molecule has 0 radical (unpaired) electrons. The van der Waals surface area contributed by atoms with Crippen molar-refractivity contribution in [2.24, 2.45) is 0 Å². The van der Waals surface area contributed by atoms with Gasteiger partial charge < -0.3 is 9.47 Å². The van der Waals surface area contributed by atoms with E-state index in [4.69, 9.17) is 9.47 Å². The van der Waals surface area contributed by atoms with Crippen molar-refractivity contribution in [1.82, 2.24) is 0 Å². The number of carbonyl (C=O) groups is 2. The van der Waals surface area contributed by atoms with E-state index in [1.807, 2.05) is 6.07 Å². The Kier molecular flexibility index (Phi) is 6.19. The van der Waals surface area contributed by atoms with Gasteiger partial charge in [-0.1, -0.05) is 36.4 Å². The third-order valence-electron chi connectivity index (χ3n) is 4.34. The highest BCUT2D eigenvalue weighted by Crippen LogP contribution is 2.27. The van der Waals surface area contributed by atoms with Crippen molar-refractivity contribution in [3.8, 4) is 11.5 Å². The van der Waals surface area contributed by atoms with Crippen LogP contribution >= 0.6 is 0 Å². The van der Waals surface area contributed by atoms with Crippen molar-refractivity contribution in [2.45, 2.75) is 6.92 Å². The van der Waals surface area contributed by atoms with Crippen LogP contribution in [0.25, 0.3) is 6.08 Å². The highest BCUT2D eigenvalue weighted by molar-refractivity contribution is 6.09. The quantitative estimate of drug-likeness (QED) is 0.249. The number of hydrogen-bond donors (Lipinski definition) is 0. The number of allylic oxidation sites excluding steroid dienone is 1. The van der Waals surface area contributed by atoms with Gasteiger partial charge in [0, 0.05) is 11.6 Å². The van der Waals surface area contributed by atoms with Crippen molar-refractivity contribution in [1.29, 1.82) is 0 Å². The lowest BCUT2D eigenvalue weighted by molar-refractivity contribution is 0.0732. The highest BCUT2D eigenvalue weighted by atomic mass is 19.1. The van der Waals surface area contributed by atoms with E-state index in [1.165, 1.54) is 37.5 Å². The summed E-state index contributed by atoms with van der Waals surface area (Å²) in [7, 11) is 1.47. The van der Waals surface area contributed by atoms with E-state index in [0.717, 1.165) is 5.56 Å². The molecular weight excluding hydrogens is 371 g/mol. The third kappa shape index (κ3) is 4.76. The second-order valence-corrected chi connectivity index (χ2v) is 6.29. The fourth-order valence-electron chi connectivity index (χ4n) is 2.74. The molecule has 0 saturated heterocycles. The maximum Gasteiger partial charge on any atom is 0.343 e. The Hall–Kier alpha value is -3.73. The number of hydrogen-bond acceptors (Lipinski definition) is 4. The molecule has 0 atom stereocenters. The Balaban J connectivity index is 1.91. The van der Waals surface area contributed by atoms with E-state index < -0.39 is 17.6 Å². The molecule has 0 aliphatic carbocycles. The lowest BCUT2D eigenvalue weighted by atomic mass is 10.1. The Morgan fingerprint density at radius 3 is 2.38 bits per heavy atom. The average Bonchev–Trinajstić information content (AvgIpc) is 2.73. The minimum absolute atomic E-state index is 0.0702. The zero-order valence-corrected chi connectivity index (χ0v) is 16.0. The number of aryl methyl sites for hydroxylation is 1. The van der Waals surface area contributed by atoms with Crippen LogP contribution < -0.4 is 9.47 Å². The van der Waals surface area contributed by atoms with Crippen LogP contribution in [-0.4, -0.2) is 18.9 Å². The van der Waals surface area contributed by atoms with Gasteiger partial charge in [0.05, 0.1) is 18.2 Å². The Morgan fingerprint density at radius 1 is 0.931 bits per heavy atom. The fourth-order valence-corrected chi connectivity index (χ4v) is 2.74. The van der Waals surface area contributed by atoms with Crippen molar-refractivity contribution < 1.29 is 23.5 Å². The zero-order chi connectivity index (χ0) is 20.8. The molecule has 3 aromatic rings. The molecule has 146 valence electrons. The molecule has 0 unspecified atom stereocenters. The molecule has 29 heavy (non-hydrogen) atoms. The molecule has 0 spiro atoms. The Morgan fingerprint density at radius 2 is 1.66 bits per heavy atom. The van der Waals surface area contributed by atoms with Crippen LogP contribution in [0.4, 0.5) is 4.39 Å². The number of carbonyl (C=O) groups excluding carboxylic acids is 2. The second kappa shape index (κ2) is 8.97. The maximum absolute atomic E-state index is 13.8. The second-order valence-electron chi connectivity index (χ2n) is 6.29. The summed E-state index contributed by atoms with van der Waals surface area (Å²) in [6, 6.07) is 17.7. The van der Waals surface area contributed by atoms with Gasteiger partial charge in [0.1, 0.15) is 17.3 Å². The van der Waals surface area contributed by atoms with Crippen LogP contribution in [0.1, 0.15) is 31.8 Å². The summed E-state index contributed by atoms with van der Waals surface area (Å²) >= 11 is 0. The predicted molar refractivity (Wildman–Crippen MR) is 109 cm³/mol. The monoisotopic (exact) mass is 390 g/mol. The van der Waals surface area contributed by atoms with Gasteiger partial charge in [-0.3, -0.25) is 4.79 Å². The molecule has 0 amide bonds. The molecular formula is C24H19FO4. The minimum atomic E-state index is -0.580. The van der Waals surface area contributed by atoms with Crippen LogP contribution in [0.3, 0.4) is 0 Å². The first-order valence-corrected chi connectivity index (χ1v) is 8.92. The van der Waals surface area contributed by atoms with Crippen LogP contribution in [0.15, 0.2) is 72.8 Å². The predicted octanol–water partition coefficient (Wildman–Crippen LogP) is 5.26. The van der Waals surface area contributed by atoms with Crippen LogP contribution in [0.2, 0.25) is 0 Å². The number of rotatable bonds is 6. The Bertz CT molecular complexity index is 1090. The molecule has 0 aliphatic heterocycles. The van der Waals surface area contributed by atoms with Crippen LogP contribution in [0.5, 0.6) is 11.5 Å². The fraction of sp³-hybridized carbons (Fsp3) is 0.0833. The number of ketones is 1. The summed E-state index contributed by atoms with van der Waals surface area (Å²) in [5.41, 5.74) is 1.61. The summed E-state index contributed by atoms with van der Waals surface area (Å²) in [4.78, 5) is 25.3. The van der Waals surface area contributed by atoms with E-state index in [2.05, 4.69) is 0 Å². The maximum atomic E-state index is 13.8. The van der Waals surface area contributed by atoms with E-state index in [9.17, 15) is 14.0 Å². The smallest absolute Gasteiger partial charge is 0.343 e. The van der Waals surface area contributed by atoms with Gasteiger partial charge in [0.2, 0.25) is 0 Å². The van der Waals surface area contributed by atoms with Gasteiger partial charge >= 0.3 is 5.97 Å². The molecule has 3 aromatic carbocycles. The number of benzene rings is 3. The molecule has 0 aliphatic rings. The topological polar surface area (TPSA) is 52.6 Å². The van der Waals surface area contributed by atoms with Gasteiger partial charge in [-0.2, -0.15) is 0 Å². The average molecular weight is 390 g/mol. The molecule has 0 fully saturated rings. The lowest BCUT2D eigenvalue weighted by Gasteiger charge is -2.11. The molecule has 4 nitrogen and oxygen atoms in total. The molecule has 0 heterocycles. The first-order chi connectivity index (χ1) is 14.0. The van der Waals surface area contributed by atoms with Crippen LogP contribution in [-0.2, 0) is 0 Å². The first-order valence-electron chi connectivity index (χ1n) is 8.92. The Labute approximate surface area is 168 Å². The summed E-state index contributed by atoms with van der Waals surface area (Å²) < 4.78 is 24.4. The lowest BCUT2D eigenvalue weighted by Crippen LogP contribution is -2.12. The normalized spacial score (nSPS) is 10.7. The van der Waals surface area contributed by atoms with Crippen molar-refractivity contribution in [2.75, 3.05) is 7.11 Å². The number of esters is 1. The van der Waals surface area contributed by atoms with Crippen molar-refractivity contribution in [3.63, 3.8) is 0 Å². The SMILES string of the molecule is COc1ccc(C(=O)/C=C/c2ccccc2F)c(OC(=O)c2ccccc2C)c1. The molecule has 0 bridgehead atoms.